The molecule has 4 aliphatic rings. The van der Waals surface area contributed by atoms with E-state index in [9.17, 15) is 4.79 Å². The molecule has 2 unspecified atom stereocenters. The Kier molecular flexibility index (Phi) is 3.24. The van der Waals surface area contributed by atoms with Crippen LogP contribution in [0.3, 0.4) is 0 Å². The van der Waals surface area contributed by atoms with Crippen molar-refractivity contribution in [2.75, 3.05) is 0 Å². The van der Waals surface area contributed by atoms with Gasteiger partial charge in [-0.2, -0.15) is 0 Å². The van der Waals surface area contributed by atoms with Crippen LogP contribution in [0, 0.1) is 16.7 Å². The van der Waals surface area contributed by atoms with E-state index in [1.54, 1.807) is 0 Å². The van der Waals surface area contributed by atoms with Crippen LogP contribution < -0.4 is 5.32 Å². The summed E-state index contributed by atoms with van der Waals surface area (Å²) in [6.45, 7) is 4.87. The fourth-order valence-electron chi connectivity index (χ4n) is 7.04. The Morgan fingerprint density at radius 2 is 1.80 bits per heavy atom. The molecule has 4 fully saturated rings. The number of benzene rings is 1. The summed E-state index contributed by atoms with van der Waals surface area (Å²) in [5.41, 5.74) is 0.760. The summed E-state index contributed by atoms with van der Waals surface area (Å²) in [5.74, 6) is 0.796. The van der Waals surface area contributed by atoms with Crippen LogP contribution in [0.5, 0.6) is 0 Å². The Morgan fingerprint density at radius 3 is 2.44 bits per heavy atom. The first kappa shape index (κ1) is 16.1. The SMILES string of the molecule is C[C@]12CC3CC(NC(=O)c4sc5ccccc5c4Cl)(C1)C[C@@](C)(C3)C2. The third-order valence-electron chi connectivity index (χ3n) is 6.75. The molecule has 4 saturated carbocycles. The van der Waals surface area contributed by atoms with Gasteiger partial charge in [0.1, 0.15) is 4.88 Å². The minimum Gasteiger partial charge on any atom is -0.346 e. The van der Waals surface area contributed by atoms with Crippen LogP contribution in [0.4, 0.5) is 0 Å². The number of halogens is 1. The van der Waals surface area contributed by atoms with E-state index in [1.807, 2.05) is 24.3 Å². The fourth-order valence-corrected chi connectivity index (χ4v) is 8.46. The number of carbonyl (C=O) groups is 1. The summed E-state index contributed by atoms with van der Waals surface area (Å²) in [6, 6.07) is 8.01. The van der Waals surface area contributed by atoms with E-state index in [1.165, 1.54) is 30.6 Å². The molecule has 1 aromatic heterocycles. The molecule has 0 saturated heterocycles. The zero-order valence-electron chi connectivity index (χ0n) is 14.8. The van der Waals surface area contributed by atoms with Crippen molar-refractivity contribution in [2.24, 2.45) is 16.7 Å². The quantitative estimate of drug-likeness (QED) is 0.683. The smallest absolute Gasteiger partial charge is 0.263 e. The molecule has 4 aliphatic carbocycles. The number of rotatable bonds is 2. The molecule has 2 aromatic rings. The maximum Gasteiger partial charge on any atom is 0.263 e. The molecular formula is C21H24ClNOS. The molecule has 4 atom stereocenters. The molecule has 1 heterocycles. The molecule has 2 nitrogen and oxygen atoms in total. The number of carbonyl (C=O) groups excluding carboxylic acids is 1. The van der Waals surface area contributed by atoms with Crippen molar-refractivity contribution in [1.29, 1.82) is 0 Å². The third-order valence-corrected chi connectivity index (χ3v) is 8.42. The van der Waals surface area contributed by atoms with E-state index >= 15 is 0 Å². The van der Waals surface area contributed by atoms with Gasteiger partial charge in [0.2, 0.25) is 0 Å². The predicted octanol–water partition coefficient (Wildman–Crippen LogP) is 6.03. The number of thiophene rings is 1. The standard InChI is InChI=1S/C21H24ClNOS/c1-19-7-13-8-20(2,10-19)12-21(9-13,11-19)23-18(24)17-16(22)14-5-3-4-6-15(14)25-17/h3-6,13H,7-12H2,1-2H3,(H,23,24)/t13?,19-,20+,21?. The number of fused-ring (bicyclic) bond motifs is 1. The van der Waals surface area contributed by atoms with Crippen LogP contribution in [-0.2, 0) is 0 Å². The van der Waals surface area contributed by atoms with Gasteiger partial charge in [-0.15, -0.1) is 11.3 Å². The van der Waals surface area contributed by atoms with E-state index in [2.05, 4.69) is 19.2 Å². The lowest BCUT2D eigenvalue weighted by Gasteiger charge is -2.65. The summed E-state index contributed by atoms with van der Waals surface area (Å²) in [6.07, 6.45) is 7.39. The lowest BCUT2D eigenvalue weighted by molar-refractivity contribution is -0.114. The summed E-state index contributed by atoms with van der Waals surface area (Å²) < 4.78 is 1.09. The highest BCUT2D eigenvalue weighted by atomic mass is 35.5. The van der Waals surface area contributed by atoms with E-state index in [0.717, 1.165) is 35.3 Å². The first-order chi connectivity index (χ1) is 11.8. The van der Waals surface area contributed by atoms with Crippen LogP contribution in [0.1, 0.15) is 62.0 Å². The Balaban J connectivity index is 1.48. The van der Waals surface area contributed by atoms with Gasteiger partial charge < -0.3 is 5.32 Å². The highest BCUT2D eigenvalue weighted by Crippen LogP contribution is 2.66. The van der Waals surface area contributed by atoms with Crippen molar-refractivity contribution in [2.45, 2.75) is 57.9 Å². The molecular weight excluding hydrogens is 350 g/mol. The first-order valence-electron chi connectivity index (χ1n) is 9.29. The zero-order chi connectivity index (χ0) is 17.4. The summed E-state index contributed by atoms with van der Waals surface area (Å²) in [4.78, 5) is 13.8. The first-order valence-corrected chi connectivity index (χ1v) is 10.5. The highest BCUT2D eigenvalue weighted by Gasteiger charge is 2.60. The molecule has 1 aromatic carbocycles. The van der Waals surface area contributed by atoms with Crippen LogP contribution in [-0.4, -0.2) is 11.4 Å². The third kappa shape index (κ3) is 2.46. The van der Waals surface area contributed by atoms with Gasteiger partial charge in [0.05, 0.1) is 5.02 Å². The number of amides is 1. The second-order valence-corrected chi connectivity index (χ2v) is 11.0. The molecule has 0 aliphatic heterocycles. The maximum absolute atomic E-state index is 13.1. The van der Waals surface area contributed by atoms with E-state index in [-0.39, 0.29) is 11.4 Å². The Labute approximate surface area is 157 Å². The number of hydrogen-bond acceptors (Lipinski definition) is 2. The number of nitrogens with one attached hydrogen (secondary N) is 1. The van der Waals surface area contributed by atoms with Crippen molar-refractivity contribution < 1.29 is 4.79 Å². The Morgan fingerprint density at radius 1 is 1.12 bits per heavy atom. The van der Waals surface area contributed by atoms with Gasteiger partial charge in [0, 0.05) is 15.6 Å². The molecule has 132 valence electrons. The zero-order valence-corrected chi connectivity index (χ0v) is 16.4. The second-order valence-electron chi connectivity index (χ2n) is 9.61. The fraction of sp³-hybridized carbons (Fsp3) is 0.571. The van der Waals surface area contributed by atoms with E-state index < -0.39 is 0 Å². The van der Waals surface area contributed by atoms with Crippen molar-refractivity contribution in [3.05, 3.63) is 34.2 Å². The average molecular weight is 374 g/mol. The van der Waals surface area contributed by atoms with Crippen LogP contribution in [0.2, 0.25) is 5.02 Å². The largest absolute Gasteiger partial charge is 0.346 e. The van der Waals surface area contributed by atoms with Crippen LogP contribution in [0.25, 0.3) is 10.1 Å². The van der Waals surface area contributed by atoms with Crippen molar-refractivity contribution in [1.82, 2.24) is 5.32 Å². The van der Waals surface area contributed by atoms with E-state index in [0.29, 0.717) is 20.7 Å². The second kappa shape index (κ2) is 5.01. The highest BCUT2D eigenvalue weighted by molar-refractivity contribution is 7.21. The topological polar surface area (TPSA) is 29.1 Å². The summed E-state index contributed by atoms with van der Waals surface area (Å²) >= 11 is 8.06. The Hall–Kier alpha value is -1.06. The molecule has 1 N–H and O–H groups in total. The minimum atomic E-state index is -0.0283. The van der Waals surface area contributed by atoms with Gasteiger partial charge in [0.15, 0.2) is 0 Å². The monoisotopic (exact) mass is 373 g/mol. The molecule has 25 heavy (non-hydrogen) atoms. The van der Waals surface area contributed by atoms with Gasteiger partial charge in [-0.25, -0.2) is 0 Å². The molecule has 0 radical (unpaired) electrons. The van der Waals surface area contributed by atoms with E-state index in [4.69, 9.17) is 11.6 Å². The Bertz CT molecular complexity index is 869. The van der Waals surface area contributed by atoms with Crippen molar-refractivity contribution >= 4 is 38.9 Å². The minimum absolute atomic E-state index is 0.0281. The lowest BCUT2D eigenvalue weighted by atomic mass is 9.43. The predicted molar refractivity (Wildman–Crippen MR) is 104 cm³/mol. The maximum atomic E-state index is 13.1. The van der Waals surface area contributed by atoms with Gasteiger partial charge in [-0.1, -0.05) is 43.6 Å². The van der Waals surface area contributed by atoms with Crippen LogP contribution in [0.15, 0.2) is 24.3 Å². The van der Waals surface area contributed by atoms with Gasteiger partial charge in [-0.05, 0) is 61.3 Å². The average Bonchev–Trinajstić information content (AvgIpc) is 2.81. The molecule has 6 rings (SSSR count). The molecule has 4 bridgehead atoms. The normalized spacial score (nSPS) is 39.1. The van der Waals surface area contributed by atoms with Crippen molar-refractivity contribution in [3.63, 3.8) is 0 Å². The molecule has 4 heteroatoms. The summed E-state index contributed by atoms with van der Waals surface area (Å²) in [7, 11) is 0. The van der Waals surface area contributed by atoms with Crippen molar-refractivity contribution in [3.8, 4) is 0 Å². The van der Waals surface area contributed by atoms with Gasteiger partial charge in [0.25, 0.3) is 5.91 Å². The van der Waals surface area contributed by atoms with Crippen LogP contribution >= 0.6 is 22.9 Å². The lowest BCUT2D eigenvalue weighted by Crippen LogP contribution is -2.65. The van der Waals surface area contributed by atoms with Gasteiger partial charge in [-0.3, -0.25) is 4.79 Å². The van der Waals surface area contributed by atoms with Gasteiger partial charge >= 0.3 is 0 Å². The molecule has 1 amide bonds. The molecule has 0 spiro atoms. The number of hydrogen-bond donors (Lipinski definition) is 1. The summed E-state index contributed by atoms with van der Waals surface area (Å²) in [5, 5.41) is 5.08.